The Morgan fingerprint density at radius 1 is 1.31 bits per heavy atom. The third-order valence-corrected chi connectivity index (χ3v) is 5.18. The Hall–Kier alpha value is -3.90. The minimum absolute atomic E-state index is 0.0427. The Morgan fingerprint density at radius 2 is 2.06 bits per heavy atom. The van der Waals surface area contributed by atoms with Gasteiger partial charge in [-0.05, 0) is 25.1 Å². The second-order valence-electron chi connectivity index (χ2n) is 7.27. The summed E-state index contributed by atoms with van der Waals surface area (Å²) in [6.07, 6.45) is 4.01. The molecular weight excluding hydrogens is 492 g/mol. The molecule has 0 spiro atoms. The summed E-state index contributed by atoms with van der Waals surface area (Å²) < 4.78 is 70.3. The molecular formula is C22H18ClF4N6O2+. The van der Waals surface area contributed by atoms with Gasteiger partial charge < -0.3 is 9.26 Å². The van der Waals surface area contributed by atoms with Crippen LogP contribution in [0.15, 0.2) is 69.7 Å². The van der Waals surface area contributed by atoms with E-state index in [4.69, 9.17) is 20.9 Å². The number of nitrogens with zero attached hydrogens (tertiary/aromatic N) is 5. The van der Waals surface area contributed by atoms with Crippen LogP contribution in [0.5, 0.6) is 0 Å². The summed E-state index contributed by atoms with van der Waals surface area (Å²) in [5.74, 6) is -2.88. The van der Waals surface area contributed by atoms with Gasteiger partial charge in [0.2, 0.25) is 5.90 Å². The molecule has 3 heterocycles. The quantitative estimate of drug-likeness (QED) is 0.254. The normalized spacial score (nSPS) is 14.5. The molecule has 0 atom stereocenters. The third kappa shape index (κ3) is 4.45. The number of halogens is 5. The molecule has 1 N–H and O–H groups in total. The molecule has 182 valence electrons. The smallest absolute Gasteiger partial charge is 0.321 e. The zero-order valence-corrected chi connectivity index (χ0v) is 19.2. The van der Waals surface area contributed by atoms with Crippen molar-refractivity contribution in [3.63, 3.8) is 0 Å². The Bertz CT molecular complexity index is 1390. The first kappa shape index (κ1) is 24.2. The largest absolute Gasteiger partial charge is 0.453 e. The number of allylic oxidation sites excluding steroid dienone is 5. The third-order valence-electron chi connectivity index (χ3n) is 4.86. The van der Waals surface area contributed by atoms with E-state index in [2.05, 4.69) is 27.4 Å². The molecule has 2 aromatic heterocycles. The molecule has 0 aliphatic carbocycles. The van der Waals surface area contributed by atoms with Gasteiger partial charge in [0.05, 0.1) is 16.8 Å². The molecule has 0 amide bonds. The summed E-state index contributed by atoms with van der Waals surface area (Å²) in [4.78, 5) is -2.76. The number of hydrogen-bond donors (Lipinski definition) is 1. The first-order chi connectivity index (χ1) is 16.6. The van der Waals surface area contributed by atoms with Crippen molar-refractivity contribution in [2.45, 2.75) is 6.92 Å². The molecule has 35 heavy (non-hydrogen) atoms. The van der Waals surface area contributed by atoms with E-state index in [1.165, 1.54) is 24.3 Å². The second-order valence-corrected chi connectivity index (χ2v) is 7.67. The van der Waals surface area contributed by atoms with Crippen LogP contribution in [-0.2, 0) is 4.74 Å². The Balaban J connectivity index is 2.03. The van der Waals surface area contributed by atoms with Crippen LogP contribution in [0.4, 0.5) is 23.6 Å². The molecule has 13 heteroatoms. The fourth-order valence-corrected chi connectivity index (χ4v) is 3.81. The van der Waals surface area contributed by atoms with Gasteiger partial charge in [0.1, 0.15) is 39.1 Å². The molecule has 0 fully saturated rings. The Kier molecular flexibility index (Phi) is 6.50. The van der Waals surface area contributed by atoms with Crippen LogP contribution in [-0.4, -0.2) is 34.6 Å². The van der Waals surface area contributed by atoms with Gasteiger partial charge in [-0.15, -0.1) is 5.10 Å². The number of nitrogens with one attached hydrogen (secondary N) is 1. The molecule has 0 bridgehead atoms. The number of quaternary nitrogens is 1. The number of hydrazone groups is 1. The van der Waals surface area contributed by atoms with Gasteiger partial charge in [-0.1, -0.05) is 41.5 Å². The van der Waals surface area contributed by atoms with Gasteiger partial charge in [-0.25, -0.2) is 8.78 Å². The van der Waals surface area contributed by atoms with E-state index >= 15 is 0 Å². The Labute approximate surface area is 201 Å². The molecule has 0 saturated carbocycles. The van der Waals surface area contributed by atoms with Crippen LogP contribution in [0.1, 0.15) is 18.2 Å². The minimum atomic E-state index is -2.76. The lowest BCUT2D eigenvalue weighted by Crippen LogP contribution is -2.27. The van der Waals surface area contributed by atoms with Crippen molar-refractivity contribution in [3.8, 4) is 17.0 Å². The predicted molar refractivity (Wildman–Crippen MR) is 122 cm³/mol. The van der Waals surface area contributed by atoms with Gasteiger partial charge in [0.15, 0.2) is 19.5 Å². The minimum Gasteiger partial charge on any atom is -0.453 e. The maximum Gasteiger partial charge on any atom is 0.321 e. The lowest BCUT2D eigenvalue weighted by atomic mass is 10.0. The van der Waals surface area contributed by atoms with Crippen LogP contribution < -0.4 is 10.4 Å². The van der Waals surface area contributed by atoms with Gasteiger partial charge in [-0.3, -0.25) is 5.43 Å². The molecule has 0 radical (unpaired) electrons. The summed E-state index contributed by atoms with van der Waals surface area (Å²) in [6.45, 7) is 4.91. The predicted octanol–water partition coefficient (Wildman–Crippen LogP) is 5.62. The number of benzene rings is 1. The van der Waals surface area contributed by atoms with Crippen molar-refractivity contribution in [2.24, 2.45) is 5.10 Å². The lowest BCUT2D eigenvalue weighted by Gasteiger charge is -2.12. The SMILES string of the molecule is C=C(F)C(=C(Cl)C=CC)c1noc(-c2cnn(-c3ccccc3F)c2[N+](C)(F)F)c1C1=NNCO1. The van der Waals surface area contributed by atoms with Gasteiger partial charge in [-0.2, -0.15) is 9.78 Å². The molecule has 1 aromatic carbocycles. The average Bonchev–Trinajstić information content (AvgIpc) is 3.52. The maximum atomic E-state index is 14.8. The number of rotatable bonds is 7. The van der Waals surface area contributed by atoms with E-state index in [0.29, 0.717) is 7.05 Å². The van der Waals surface area contributed by atoms with Crippen molar-refractivity contribution in [1.82, 2.24) is 25.3 Å². The highest BCUT2D eigenvalue weighted by Gasteiger charge is 2.42. The maximum absolute atomic E-state index is 14.8. The fraction of sp³-hybridized carbons (Fsp3) is 0.136. The van der Waals surface area contributed by atoms with E-state index in [0.717, 1.165) is 16.9 Å². The molecule has 1 aliphatic rings. The molecule has 3 aromatic rings. The van der Waals surface area contributed by atoms with Crippen LogP contribution in [0.2, 0.25) is 0 Å². The van der Waals surface area contributed by atoms with Crippen molar-refractivity contribution in [2.75, 3.05) is 13.8 Å². The van der Waals surface area contributed by atoms with E-state index in [1.54, 1.807) is 13.0 Å². The number of aromatic nitrogens is 3. The second kappa shape index (κ2) is 9.39. The summed E-state index contributed by atoms with van der Waals surface area (Å²) in [6, 6.07) is 5.29. The van der Waals surface area contributed by atoms with Crippen molar-refractivity contribution in [1.29, 1.82) is 0 Å². The molecule has 4 rings (SSSR count). The molecule has 8 nitrogen and oxygen atoms in total. The van der Waals surface area contributed by atoms with Crippen molar-refractivity contribution < 1.29 is 27.0 Å². The first-order valence-electron chi connectivity index (χ1n) is 10.1. The van der Waals surface area contributed by atoms with Crippen molar-refractivity contribution >= 4 is 28.9 Å². The summed E-state index contributed by atoms with van der Waals surface area (Å²) >= 11 is 6.25. The highest BCUT2D eigenvalue weighted by atomic mass is 35.5. The lowest BCUT2D eigenvalue weighted by molar-refractivity contribution is -0.118. The average molecular weight is 510 g/mol. The summed E-state index contributed by atoms with van der Waals surface area (Å²) in [5.41, 5.74) is 1.56. The summed E-state index contributed by atoms with van der Waals surface area (Å²) in [5, 5.41) is 11.7. The zero-order chi connectivity index (χ0) is 25.3. The number of para-hydroxylation sites is 1. The first-order valence-corrected chi connectivity index (χ1v) is 10.4. The van der Waals surface area contributed by atoms with Gasteiger partial charge in [0.25, 0.3) is 0 Å². The molecule has 1 aliphatic heterocycles. The van der Waals surface area contributed by atoms with Crippen LogP contribution >= 0.6 is 11.6 Å². The molecule has 0 saturated heterocycles. The standard InChI is InChI=1S/C22H18ClF4N6O2/c1-4-7-14(23)17(12(2)24)19-18(21-30-28-11-34-21)20(35-31-19)13-10-29-32(22(13)33(3,26)27)16-9-6-5-8-15(16)25/h4-10,28H,2,11H2,1,3H3/q+1. The topological polar surface area (TPSA) is 77.5 Å². The van der Waals surface area contributed by atoms with E-state index < -0.39 is 22.4 Å². The fourth-order valence-electron chi connectivity index (χ4n) is 3.49. The van der Waals surface area contributed by atoms with Gasteiger partial charge in [0, 0.05) is 8.96 Å². The monoisotopic (exact) mass is 509 g/mol. The highest BCUT2D eigenvalue weighted by molar-refractivity contribution is 6.35. The zero-order valence-electron chi connectivity index (χ0n) is 18.4. The Morgan fingerprint density at radius 3 is 2.66 bits per heavy atom. The van der Waals surface area contributed by atoms with Crippen LogP contribution in [0.25, 0.3) is 22.6 Å². The number of ether oxygens (including phenoxy) is 1. The van der Waals surface area contributed by atoms with Gasteiger partial charge >= 0.3 is 5.82 Å². The van der Waals surface area contributed by atoms with E-state index in [1.807, 2.05) is 0 Å². The van der Waals surface area contributed by atoms with Crippen LogP contribution in [0.3, 0.4) is 0 Å². The molecule has 0 unspecified atom stereocenters. The number of hydrogen-bond acceptors (Lipinski definition) is 6. The highest BCUT2D eigenvalue weighted by Crippen LogP contribution is 2.42. The van der Waals surface area contributed by atoms with E-state index in [-0.39, 0.29) is 51.5 Å². The van der Waals surface area contributed by atoms with E-state index in [9.17, 15) is 17.7 Å². The summed E-state index contributed by atoms with van der Waals surface area (Å²) in [7, 11) is 0.567. The van der Waals surface area contributed by atoms with Crippen LogP contribution in [0, 0.1) is 5.82 Å². The van der Waals surface area contributed by atoms with Crippen molar-refractivity contribution in [3.05, 3.63) is 77.1 Å².